The SMILES string of the molecule is CC(C)C1CN(c2ccc(-c3cnc(N)c(-c4cc5c(cc4F)C(=O)NCC5)c3)cc2)CCO1. The van der Waals surface area contributed by atoms with Crippen molar-refractivity contribution in [3.63, 3.8) is 0 Å². The topological polar surface area (TPSA) is 80.5 Å². The lowest BCUT2D eigenvalue weighted by atomic mass is 9.93. The molecule has 0 saturated carbocycles. The van der Waals surface area contributed by atoms with Crippen molar-refractivity contribution >= 4 is 17.4 Å². The van der Waals surface area contributed by atoms with Crippen molar-refractivity contribution in [2.75, 3.05) is 36.9 Å². The first-order valence-electron chi connectivity index (χ1n) is 11.7. The van der Waals surface area contributed by atoms with Gasteiger partial charge in [0.05, 0.1) is 12.7 Å². The van der Waals surface area contributed by atoms with Gasteiger partial charge in [0.1, 0.15) is 11.6 Å². The summed E-state index contributed by atoms with van der Waals surface area (Å²) < 4.78 is 20.9. The number of hydrogen-bond donors (Lipinski definition) is 2. The third-order valence-corrected chi connectivity index (χ3v) is 6.73. The molecule has 0 bridgehead atoms. The summed E-state index contributed by atoms with van der Waals surface area (Å²) in [6.07, 6.45) is 2.60. The Hall–Kier alpha value is -3.45. The maximum Gasteiger partial charge on any atom is 0.251 e. The number of amides is 1. The van der Waals surface area contributed by atoms with Gasteiger partial charge in [0.15, 0.2) is 0 Å². The van der Waals surface area contributed by atoms with Crippen LogP contribution in [0.2, 0.25) is 0 Å². The van der Waals surface area contributed by atoms with E-state index < -0.39 is 5.82 Å². The van der Waals surface area contributed by atoms with E-state index in [2.05, 4.69) is 53.3 Å². The lowest BCUT2D eigenvalue weighted by Crippen LogP contribution is -2.44. The number of hydrogen-bond acceptors (Lipinski definition) is 5. The van der Waals surface area contributed by atoms with Gasteiger partial charge >= 0.3 is 0 Å². The normalized spacial score (nSPS) is 18.1. The number of aromatic nitrogens is 1. The van der Waals surface area contributed by atoms with E-state index in [4.69, 9.17) is 10.5 Å². The summed E-state index contributed by atoms with van der Waals surface area (Å²) in [5, 5.41) is 2.75. The van der Waals surface area contributed by atoms with Crippen LogP contribution in [-0.4, -0.2) is 43.2 Å². The van der Waals surface area contributed by atoms with Gasteiger partial charge < -0.3 is 20.7 Å². The molecule has 0 radical (unpaired) electrons. The van der Waals surface area contributed by atoms with Gasteiger partial charge in [-0.15, -0.1) is 0 Å². The fraction of sp³-hybridized carbons (Fsp3) is 0.333. The van der Waals surface area contributed by atoms with Gasteiger partial charge in [-0.05, 0) is 53.8 Å². The van der Waals surface area contributed by atoms with Crippen molar-refractivity contribution in [1.82, 2.24) is 10.3 Å². The Balaban J connectivity index is 1.44. The molecular weight excluding hydrogens is 431 g/mol. The van der Waals surface area contributed by atoms with E-state index in [1.807, 2.05) is 6.07 Å². The number of fused-ring (bicyclic) bond motifs is 1. The average Bonchev–Trinajstić information content (AvgIpc) is 2.85. The second kappa shape index (κ2) is 9.06. The van der Waals surface area contributed by atoms with E-state index in [0.29, 0.717) is 35.6 Å². The molecule has 0 aliphatic carbocycles. The van der Waals surface area contributed by atoms with Crippen LogP contribution >= 0.6 is 0 Å². The number of nitrogen functional groups attached to an aromatic ring is 1. The molecule has 7 heteroatoms. The largest absolute Gasteiger partial charge is 0.383 e. The second-order valence-electron chi connectivity index (χ2n) is 9.30. The smallest absolute Gasteiger partial charge is 0.251 e. The number of morpholine rings is 1. The molecule has 176 valence electrons. The number of nitrogens with two attached hydrogens (primary N) is 1. The zero-order valence-corrected chi connectivity index (χ0v) is 19.5. The highest BCUT2D eigenvalue weighted by Gasteiger charge is 2.24. The van der Waals surface area contributed by atoms with Crippen molar-refractivity contribution < 1.29 is 13.9 Å². The Morgan fingerprint density at radius 2 is 1.91 bits per heavy atom. The van der Waals surface area contributed by atoms with E-state index >= 15 is 4.39 Å². The van der Waals surface area contributed by atoms with E-state index in [-0.39, 0.29) is 17.8 Å². The highest BCUT2D eigenvalue weighted by atomic mass is 19.1. The molecule has 34 heavy (non-hydrogen) atoms. The number of rotatable bonds is 4. The van der Waals surface area contributed by atoms with Crippen molar-refractivity contribution in [3.05, 3.63) is 65.6 Å². The molecule has 1 saturated heterocycles. The molecule has 1 amide bonds. The number of anilines is 2. The molecule has 0 spiro atoms. The Morgan fingerprint density at radius 1 is 1.12 bits per heavy atom. The fourth-order valence-electron chi connectivity index (χ4n) is 4.68. The minimum atomic E-state index is -0.483. The predicted molar refractivity (Wildman–Crippen MR) is 132 cm³/mol. The molecule has 1 unspecified atom stereocenters. The lowest BCUT2D eigenvalue weighted by molar-refractivity contribution is 0.0114. The van der Waals surface area contributed by atoms with Crippen LogP contribution in [0.4, 0.5) is 15.9 Å². The molecule has 6 nitrogen and oxygen atoms in total. The number of nitrogens with one attached hydrogen (secondary N) is 1. The first kappa shape index (κ1) is 22.3. The van der Waals surface area contributed by atoms with Gasteiger partial charge in [-0.2, -0.15) is 0 Å². The molecule has 1 atom stereocenters. The molecule has 2 aliphatic heterocycles. The number of benzene rings is 2. The third kappa shape index (κ3) is 4.23. The average molecular weight is 461 g/mol. The van der Waals surface area contributed by atoms with Crippen molar-refractivity contribution in [3.8, 4) is 22.3 Å². The molecular formula is C27H29FN4O2. The zero-order chi connectivity index (χ0) is 23.8. The summed E-state index contributed by atoms with van der Waals surface area (Å²) in [6, 6.07) is 13.2. The van der Waals surface area contributed by atoms with Gasteiger partial charge in [-0.25, -0.2) is 9.37 Å². The maximum atomic E-state index is 15.0. The van der Waals surface area contributed by atoms with Crippen molar-refractivity contribution in [2.24, 2.45) is 5.92 Å². The fourth-order valence-corrected chi connectivity index (χ4v) is 4.68. The van der Waals surface area contributed by atoms with Gasteiger partial charge in [-0.1, -0.05) is 26.0 Å². The van der Waals surface area contributed by atoms with Crippen LogP contribution in [0.3, 0.4) is 0 Å². The molecule has 3 N–H and O–H groups in total. The number of ether oxygens (including phenoxy) is 1. The van der Waals surface area contributed by atoms with Gasteiger partial charge in [0, 0.05) is 53.8 Å². The highest BCUT2D eigenvalue weighted by molar-refractivity contribution is 5.97. The highest BCUT2D eigenvalue weighted by Crippen LogP contribution is 2.34. The maximum absolute atomic E-state index is 15.0. The number of pyridine rings is 1. The Labute approximate surface area is 198 Å². The minimum absolute atomic E-state index is 0.231. The summed E-state index contributed by atoms with van der Waals surface area (Å²) in [6.45, 7) is 7.38. The Morgan fingerprint density at radius 3 is 2.68 bits per heavy atom. The minimum Gasteiger partial charge on any atom is -0.383 e. The van der Waals surface area contributed by atoms with Crippen molar-refractivity contribution in [2.45, 2.75) is 26.4 Å². The summed E-state index contributed by atoms with van der Waals surface area (Å²) in [4.78, 5) is 18.8. The summed E-state index contributed by atoms with van der Waals surface area (Å²) in [5.41, 5.74) is 11.2. The summed E-state index contributed by atoms with van der Waals surface area (Å²) in [7, 11) is 0. The van der Waals surface area contributed by atoms with E-state index in [0.717, 1.165) is 42.1 Å². The quantitative estimate of drug-likeness (QED) is 0.607. The molecule has 3 heterocycles. The van der Waals surface area contributed by atoms with Crippen molar-refractivity contribution in [1.29, 1.82) is 0 Å². The number of carbonyl (C=O) groups excluding carboxylic acids is 1. The van der Waals surface area contributed by atoms with Crippen LogP contribution in [0.5, 0.6) is 0 Å². The first-order chi connectivity index (χ1) is 16.4. The summed E-state index contributed by atoms with van der Waals surface area (Å²) in [5.74, 6) is 0.00249. The van der Waals surface area contributed by atoms with E-state index in [1.54, 1.807) is 12.3 Å². The monoisotopic (exact) mass is 460 g/mol. The Bertz CT molecular complexity index is 1230. The van der Waals surface area contributed by atoms with Crippen LogP contribution in [0.1, 0.15) is 29.8 Å². The van der Waals surface area contributed by atoms with Crippen LogP contribution in [0, 0.1) is 11.7 Å². The zero-order valence-electron chi connectivity index (χ0n) is 19.5. The first-order valence-corrected chi connectivity index (χ1v) is 11.7. The van der Waals surface area contributed by atoms with E-state index in [9.17, 15) is 4.79 Å². The molecule has 1 aromatic heterocycles. The second-order valence-corrected chi connectivity index (χ2v) is 9.30. The lowest BCUT2D eigenvalue weighted by Gasteiger charge is -2.36. The summed E-state index contributed by atoms with van der Waals surface area (Å²) >= 11 is 0. The molecule has 1 fully saturated rings. The van der Waals surface area contributed by atoms with E-state index in [1.165, 1.54) is 6.07 Å². The molecule has 5 rings (SSSR count). The standard InChI is InChI=1S/C27H29FN4O2/c1-16(2)25-15-32(9-10-34-25)20-5-3-17(4-6-20)19-12-23(26(29)31-14-19)22-11-18-7-8-30-27(33)21(18)13-24(22)28/h3-6,11-14,16,25H,7-10,15H2,1-2H3,(H2,29,31)(H,30,33). The molecule has 2 aliphatic rings. The number of nitrogens with zero attached hydrogens (tertiary/aromatic N) is 2. The molecule has 3 aromatic rings. The molecule has 2 aromatic carbocycles. The predicted octanol–water partition coefficient (Wildman–Crippen LogP) is 4.28. The van der Waals surface area contributed by atoms with Crippen LogP contribution in [-0.2, 0) is 11.2 Å². The Kier molecular flexibility index (Phi) is 5.96. The van der Waals surface area contributed by atoms with Gasteiger partial charge in [-0.3, -0.25) is 4.79 Å². The van der Waals surface area contributed by atoms with Gasteiger partial charge in [0.25, 0.3) is 5.91 Å². The third-order valence-electron chi connectivity index (χ3n) is 6.73. The van der Waals surface area contributed by atoms with Crippen LogP contribution in [0.25, 0.3) is 22.3 Å². The van der Waals surface area contributed by atoms with Gasteiger partial charge in [0.2, 0.25) is 0 Å². The number of carbonyl (C=O) groups is 1. The van der Waals surface area contributed by atoms with Crippen LogP contribution < -0.4 is 16.0 Å². The van der Waals surface area contributed by atoms with Crippen LogP contribution in [0.15, 0.2) is 48.7 Å². The number of halogens is 1.